The lowest BCUT2D eigenvalue weighted by molar-refractivity contribution is -0.376. The van der Waals surface area contributed by atoms with Crippen molar-refractivity contribution in [1.29, 1.82) is 0 Å². The van der Waals surface area contributed by atoms with Crippen molar-refractivity contribution in [2.75, 3.05) is 0 Å². The largest absolute Gasteiger partial charge is 0.296 e. The van der Waals surface area contributed by atoms with Crippen molar-refractivity contribution in [3.05, 3.63) is 50.8 Å². The number of rotatable bonds is 3. The highest BCUT2D eigenvalue weighted by atomic mass is 35.5. The van der Waals surface area contributed by atoms with Gasteiger partial charge in [-0.3, -0.25) is 10.1 Å². The van der Waals surface area contributed by atoms with E-state index in [1.807, 2.05) is 18.2 Å². The van der Waals surface area contributed by atoms with Gasteiger partial charge in [0.15, 0.2) is 0 Å². The second-order valence-electron chi connectivity index (χ2n) is 4.43. The molecule has 0 radical (unpaired) electrons. The molecule has 8 heteroatoms. The number of fused-ring (bicyclic) bond motifs is 1. The third-order valence-corrected chi connectivity index (χ3v) is 4.79. The fourth-order valence-electron chi connectivity index (χ4n) is 2.21. The van der Waals surface area contributed by atoms with Gasteiger partial charge in [0.25, 0.3) is 5.70 Å². The van der Waals surface area contributed by atoms with Gasteiger partial charge in [-0.2, -0.15) is 0 Å². The molecule has 0 saturated carbocycles. The quantitative estimate of drug-likeness (QED) is 0.629. The van der Waals surface area contributed by atoms with E-state index in [1.54, 1.807) is 17.8 Å². The van der Waals surface area contributed by atoms with Crippen molar-refractivity contribution in [2.24, 2.45) is 0 Å². The Labute approximate surface area is 123 Å². The fourth-order valence-corrected chi connectivity index (χ4v) is 3.89. The zero-order valence-corrected chi connectivity index (χ0v) is 11.8. The van der Waals surface area contributed by atoms with Gasteiger partial charge in [-0.1, -0.05) is 28.9 Å². The van der Waals surface area contributed by atoms with E-state index < -0.39 is 4.92 Å². The van der Waals surface area contributed by atoms with Crippen LogP contribution < -0.4 is 0 Å². The van der Waals surface area contributed by atoms with Crippen LogP contribution in [0.4, 0.5) is 0 Å². The van der Waals surface area contributed by atoms with Crippen molar-refractivity contribution >= 4 is 29.1 Å². The Balaban J connectivity index is 1.81. The van der Waals surface area contributed by atoms with Gasteiger partial charge in [0.05, 0.1) is 10.2 Å². The van der Waals surface area contributed by atoms with Gasteiger partial charge in [0.2, 0.25) is 5.69 Å². The minimum absolute atomic E-state index is 0.00262. The van der Waals surface area contributed by atoms with Crippen molar-refractivity contribution in [2.45, 2.75) is 23.3 Å². The van der Waals surface area contributed by atoms with E-state index in [0.29, 0.717) is 17.1 Å². The van der Waals surface area contributed by atoms with Crippen LogP contribution in [0.5, 0.6) is 0 Å². The molecule has 2 atom stereocenters. The molecule has 0 saturated heterocycles. The Kier molecular flexibility index (Phi) is 3.62. The first kappa shape index (κ1) is 13.4. The molecule has 0 aromatic carbocycles. The van der Waals surface area contributed by atoms with Gasteiger partial charge in [-0.25, -0.2) is 4.63 Å². The Morgan fingerprint density at radius 3 is 3.05 bits per heavy atom. The monoisotopic (exact) mass is 311 g/mol. The molecule has 1 aromatic rings. The summed E-state index contributed by atoms with van der Waals surface area (Å²) in [6.45, 7) is 0. The molecule has 0 fully saturated rings. The molecule has 3 rings (SSSR count). The van der Waals surface area contributed by atoms with E-state index in [2.05, 4.69) is 14.9 Å². The molecule has 20 heavy (non-hydrogen) atoms. The summed E-state index contributed by atoms with van der Waals surface area (Å²) in [6.07, 6.45) is 8.86. The van der Waals surface area contributed by atoms with Crippen molar-refractivity contribution in [1.82, 2.24) is 10.3 Å². The molecular weight excluding hydrogens is 302 g/mol. The van der Waals surface area contributed by atoms with Crippen LogP contribution in [0.25, 0.3) is 5.70 Å². The molecule has 1 aromatic heterocycles. The van der Waals surface area contributed by atoms with Crippen LogP contribution in [-0.4, -0.2) is 20.5 Å². The predicted octanol–water partition coefficient (Wildman–Crippen LogP) is 3.32. The first-order valence-electron chi connectivity index (χ1n) is 6.02. The van der Waals surface area contributed by atoms with Crippen LogP contribution in [0.1, 0.15) is 29.5 Å². The SMILES string of the molecule is O=[N+]([O-])C1=CCC(SC2C=C(Cl)C=CC2)c2nonc21. The molecule has 2 aliphatic rings. The summed E-state index contributed by atoms with van der Waals surface area (Å²) < 4.78 is 4.67. The van der Waals surface area contributed by atoms with Crippen LogP contribution in [0.2, 0.25) is 0 Å². The first-order chi connectivity index (χ1) is 9.65. The molecule has 1 heterocycles. The lowest BCUT2D eigenvalue weighted by atomic mass is 10.1. The van der Waals surface area contributed by atoms with E-state index in [-0.39, 0.29) is 21.9 Å². The summed E-state index contributed by atoms with van der Waals surface area (Å²) >= 11 is 7.65. The summed E-state index contributed by atoms with van der Waals surface area (Å²) in [5.74, 6) is 0. The molecule has 0 spiro atoms. The van der Waals surface area contributed by atoms with Gasteiger partial charge >= 0.3 is 0 Å². The predicted molar refractivity (Wildman–Crippen MR) is 75.7 cm³/mol. The fraction of sp³-hybridized carbons (Fsp3) is 0.333. The number of halogens is 1. The number of hydrogen-bond acceptors (Lipinski definition) is 6. The summed E-state index contributed by atoms with van der Waals surface area (Å²) in [5, 5.41) is 19.4. The Morgan fingerprint density at radius 1 is 1.45 bits per heavy atom. The maximum atomic E-state index is 10.9. The maximum Gasteiger partial charge on any atom is 0.296 e. The highest BCUT2D eigenvalue weighted by molar-refractivity contribution is 8.00. The van der Waals surface area contributed by atoms with Gasteiger partial charge in [-0.05, 0) is 30.2 Å². The van der Waals surface area contributed by atoms with Crippen molar-refractivity contribution < 1.29 is 9.55 Å². The molecular formula is C12H10ClN3O3S. The summed E-state index contributed by atoms with van der Waals surface area (Å²) in [4.78, 5) is 10.5. The van der Waals surface area contributed by atoms with E-state index in [0.717, 1.165) is 6.42 Å². The van der Waals surface area contributed by atoms with Crippen molar-refractivity contribution in [3.63, 3.8) is 0 Å². The number of nitro groups is 1. The third-order valence-electron chi connectivity index (χ3n) is 3.11. The van der Waals surface area contributed by atoms with Crippen LogP contribution in [-0.2, 0) is 0 Å². The van der Waals surface area contributed by atoms with Crippen molar-refractivity contribution in [3.8, 4) is 0 Å². The molecule has 0 amide bonds. The standard InChI is InChI=1S/C12H10ClN3O3S/c13-7-2-1-3-8(6-7)20-10-5-4-9(16(17)18)11-12(10)15-19-14-11/h1-2,4,6,8,10H,3,5H2. The van der Waals surface area contributed by atoms with Gasteiger partial charge in [0, 0.05) is 10.3 Å². The highest BCUT2D eigenvalue weighted by Crippen LogP contribution is 2.43. The topological polar surface area (TPSA) is 82.1 Å². The summed E-state index contributed by atoms with van der Waals surface area (Å²) in [5.41, 5.74) is 0.749. The van der Waals surface area contributed by atoms with E-state index in [9.17, 15) is 10.1 Å². The number of allylic oxidation sites excluding steroid dienone is 4. The van der Waals surface area contributed by atoms with Gasteiger partial charge < -0.3 is 0 Å². The van der Waals surface area contributed by atoms with Crippen LogP contribution >= 0.6 is 23.4 Å². The van der Waals surface area contributed by atoms with E-state index in [4.69, 9.17) is 11.6 Å². The second kappa shape index (κ2) is 5.41. The number of thioether (sulfide) groups is 1. The molecule has 0 aliphatic heterocycles. The lowest BCUT2D eigenvalue weighted by Gasteiger charge is -2.21. The Bertz CT molecular complexity index is 638. The van der Waals surface area contributed by atoms with Gasteiger partial charge in [-0.15, -0.1) is 11.8 Å². The zero-order valence-electron chi connectivity index (χ0n) is 10.2. The van der Waals surface area contributed by atoms with Crippen LogP contribution in [0, 0.1) is 10.1 Å². The minimum atomic E-state index is -0.454. The minimum Gasteiger partial charge on any atom is -0.258 e. The maximum absolute atomic E-state index is 10.9. The summed E-state index contributed by atoms with van der Waals surface area (Å²) in [7, 11) is 0. The lowest BCUT2D eigenvalue weighted by Crippen LogP contribution is -2.12. The molecule has 0 bridgehead atoms. The van der Waals surface area contributed by atoms with E-state index >= 15 is 0 Å². The second-order valence-corrected chi connectivity index (χ2v) is 6.32. The molecule has 0 N–H and O–H groups in total. The van der Waals surface area contributed by atoms with E-state index in [1.165, 1.54) is 0 Å². The zero-order chi connectivity index (χ0) is 14.1. The number of hydrogen-bond donors (Lipinski definition) is 0. The Morgan fingerprint density at radius 2 is 2.30 bits per heavy atom. The smallest absolute Gasteiger partial charge is 0.258 e. The van der Waals surface area contributed by atoms with Gasteiger partial charge in [0.1, 0.15) is 5.69 Å². The molecule has 6 nitrogen and oxygen atoms in total. The molecule has 2 unspecified atom stereocenters. The molecule has 104 valence electrons. The Hall–Kier alpha value is -1.60. The number of nitrogens with zero attached hydrogens (tertiary/aromatic N) is 3. The number of aromatic nitrogens is 2. The normalized spacial score (nSPS) is 24.9. The average molecular weight is 312 g/mol. The first-order valence-corrected chi connectivity index (χ1v) is 7.34. The molecule has 2 aliphatic carbocycles. The third kappa shape index (κ3) is 2.51. The highest BCUT2D eigenvalue weighted by Gasteiger charge is 2.34. The summed E-state index contributed by atoms with van der Waals surface area (Å²) in [6, 6.07) is 0. The van der Waals surface area contributed by atoms with Crippen LogP contribution in [0.15, 0.2) is 34.0 Å². The average Bonchev–Trinajstić information content (AvgIpc) is 2.88. The van der Waals surface area contributed by atoms with Crippen LogP contribution in [0.3, 0.4) is 0 Å².